The Morgan fingerprint density at radius 2 is 1.95 bits per heavy atom. The van der Waals surface area contributed by atoms with Crippen LogP contribution in [0.1, 0.15) is 0 Å². The second kappa shape index (κ2) is 4.59. The molecule has 0 unspecified atom stereocenters. The van der Waals surface area contributed by atoms with Crippen LogP contribution in [0.15, 0.2) is 48.8 Å². The highest BCUT2D eigenvalue weighted by Gasteiger charge is 2.11. The number of methoxy groups -OCH3 is 1. The lowest BCUT2D eigenvalue weighted by atomic mass is 10.1. The molecule has 0 aliphatic rings. The fourth-order valence-electron chi connectivity index (χ4n) is 2.07. The molecule has 0 radical (unpaired) electrons. The van der Waals surface area contributed by atoms with Crippen molar-refractivity contribution in [2.75, 3.05) is 7.11 Å². The third-order valence-corrected chi connectivity index (χ3v) is 3.81. The third-order valence-electron chi connectivity index (χ3n) is 3.04. The van der Waals surface area contributed by atoms with E-state index < -0.39 is 0 Å². The van der Waals surface area contributed by atoms with Gasteiger partial charge in [0.2, 0.25) is 0 Å². The molecule has 5 heteroatoms. The Labute approximate surface area is 118 Å². The minimum atomic E-state index is 0.799. The standard InChI is InChI=1S/C14H11BrN2O2/c1-19-12-4-2-10(3-5-12)14-8-11-9-16(18)7-6-13(11)17(14)15/h2-9H,1H3. The van der Waals surface area contributed by atoms with Crippen LogP contribution in [0.4, 0.5) is 0 Å². The van der Waals surface area contributed by atoms with Crippen molar-refractivity contribution in [1.29, 1.82) is 0 Å². The first kappa shape index (κ1) is 12.0. The molecule has 0 spiro atoms. The predicted octanol–water partition coefficient (Wildman–Crippen LogP) is 3.11. The predicted molar refractivity (Wildman–Crippen MR) is 77.2 cm³/mol. The van der Waals surface area contributed by atoms with Crippen LogP contribution in [-0.4, -0.2) is 10.7 Å². The quantitative estimate of drug-likeness (QED) is 0.538. The molecule has 0 atom stereocenters. The molecule has 3 aromatic rings. The SMILES string of the molecule is COc1ccc(-c2cc3c[n+]([O-])ccc3n2Br)cc1. The highest BCUT2D eigenvalue weighted by Crippen LogP contribution is 2.30. The van der Waals surface area contributed by atoms with E-state index in [-0.39, 0.29) is 0 Å². The summed E-state index contributed by atoms with van der Waals surface area (Å²) in [5.41, 5.74) is 2.99. The highest BCUT2D eigenvalue weighted by molar-refractivity contribution is 9.08. The van der Waals surface area contributed by atoms with Crippen molar-refractivity contribution in [3.05, 3.63) is 54.0 Å². The van der Waals surface area contributed by atoms with Crippen molar-refractivity contribution in [3.8, 4) is 17.0 Å². The van der Waals surface area contributed by atoms with Gasteiger partial charge in [0.05, 0.1) is 39.9 Å². The van der Waals surface area contributed by atoms with Crippen LogP contribution in [0, 0.1) is 5.21 Å². The summed E-state index contributed by atoms with van der Waals surface area (Å²) in [5.74, 6) is 0.818. The van der Waals surface area contributed by atoms with Gasteiger partial charge in [-0.2, -0.15) is 4.73 Å². The molecule has 19 heavy (non-hydrogen) atoms. The Balaban J connectivity index is 2.15. The van der Waals surface area contributed by atoms with Gasteiger partial charge in [-0.25, -0.2) is 0 Å². The number of halogens is 1. The van der Waals surface area contributed by atoms with Crippen molar-refractivity contribution in [3.63, 3.8) is 0 Å². The summed E-state index contributed by atoms with van der Waals surface area (Å²) in [6.07, 6.45) is 3.04. The summed E-state index contributed by atoms with van der Waals surface area (Å²) in [6.45, 7) is 0. The first-order chi connectivity index (χ1) is 9.19. The average Bonchev–Trinajstić information content (AvgIpc) is 2.75. The largest absolute Gasteiger partial charge is 0.619 e. The van der Waals surface area contributed by atoms with Crippen LogP contribution >= 0.6 is 16.1 Å². The van der Waals surface area contributed by atoms with Gasteiger partial charge >= 0.3 is 0 Å². The summed E-state index contributed by atoms with van der Waals surface area (Å²) in [6, 6.07) is 11.5. The molecule has 0 saturated carbocycles. The molecule has 0 fully saturated rings. The molecule has 2 heterocycles. The van der Waals surface area contributed by atoms with Gasteiger partial charge in [-0.05, 0) is 35.9 Å². The van der Waals surface area contributed by atoms with E-state index in [2.05, 4.69) is 16.1 Å². The number of hydrogen-bond donors (Lipinski definition) is 0. The molecule has 3 rings (SSSR count). The number of rotatable bonds is 2. The molecule has 2 aromatic heterocycles. The minimum Gasteiger partial charge on any atom is -0.619 e. The zero-order chi connectivity index (χ0) is 13.4. The van der Waals surface area contributed by atoms with Crippen LogP contribution < -0.4 is 9.47 Å². The molecular formula is C14H11BrN2O2. The van der Waals surface area contributed by atoms with Gasteiger partial charge in [0.15, 0.2) is 12.4 Å². The summed E-state index contributed by atoms with van der Waals surface area (Å²) in [5, 5.41) is 12.2. The maximum atomic E-state index is 11.3. The first-order valence-electron chi connectivity index (χ1n) is 5.74. The summed E-state index contributed by atoms with van der Waals surface area (Å²) >= 11 is 3.52. The Hall–Kier alpha value is -2.01. The van der Waals surface area contributed by atoms with Gasteiger partial charge in [0.25, 0.3) is 0 Å². The van der Waals surface area contributed by atoms with Crippen molar-refractivity contribution < 1.29 is 9.47 Å². The number of pyridine rings is 1. The number of nitrogens with zero attached hydrogens (tertiary/aromatic N) is 2. The van der Waals surface area contributed by atoms with E-state index in [1.165, 1.54) is 6.20 Å². The molecule has 0 amide bonds. The van der Waals surface area contributed by atoms with Crippen LogP contribution in [0.25, 0.3) is 22.2 Å². The van der Waals surface area contributed by atoms with Crippen molar-refractivity contribution in [2.24, 2.45) is 0 Å². The van der Waals surface area contributed by atoms with Gasteiger partial charge in [0.1, 0.15) is 5.75 Å². The number of benzene rings is 1. The maximum absolute atomic E-state index is 11.3. The first-order valence-corrected chi connectivity index (χ1v) is 6.45. The lowest BCUT2D eigenvalue weighted by molar-refractivity contribution is -0.603. The molecule has 96 valence electrons. The molecule has 0 aliphatic carbocycles. The molecule has 4 nitrogen and oxygen atoms in total. The van der Waals surface area contributed by atoms with E-state index in [0.717, 1.165) is 32.6 Å². The lowest BCUT2D eigenvalue weighted by Gasteiger charge is -2.04. The smallest absolute Gasteiger partial charge is 0.189 e. The van der Waals surface area contributed by atoms with E-state index >= 15 is 0 Å². The number of fused-ring (bicyclic) bond motifs is 1. The van der Waals surface area contributed by atoms with E-state index in [1.807, 2.05) is 33.9 Å². The Morgan fingerprint density at radius 3 is 2.63 bits per heavy atom. The molecule has 0 saturated heterocycles. The topological polar surface area (TPSA) is 41.1 Å². The molecular weight excluding hydrogens is 308 g/mol. The van der Waals surface area contributed by atoms with Gasteiger partial charge in [-0.15, -0.1) is 0 Å². The fraction of sp³-hybridized carbons (Fsp3) is 0.0714. The van der Waals surface area contributed by atoms with E-state index in [4.69, 9.17) is 4.74 Å². The van der Waals surface area contributed by atoms with Crippen molar-refractivity contribution in [1.82, 2.24) is 3.59 Å². The second-order valence-corrected chi connectivity index (χ2v) is 4.89. The van der Waals surface area contributed by atoms with E-state index in [1.54, 1.807) is 19.4 Å². The minimum absolute atomic E-state index is 0.799. The summed E-state index contributed by atoms with van der Waals surface area (Å²) in [7, 11) is 1.64. The Morgan fingerprint density at radius 1 is 1.21 bits per heavy atom. The van der Waals surface area contributed by atoms with Crippen molar-refractivity contribution in [2.45, 2.75) is 0 Å². The Bertz CT molecular complexity index is 735. The summed E-state index contributed by atoms with van der Waals surface area (Å²) in [4.78, 5) is 0. The number of hydrogen-bond acceptors (Lipinski definition) is 2. The molecule has 0 bridgehead atoms. The molecule has 0 aliphatic heterocycles. The third kappa shape index (κ3) is 2.06. The lowest BCUT2D eigenvalue weighted by Crippen LogP contribution is -2.23. The van der Waals surface area contributed by atoms with Crippen LogP contribution in [0.5, 0.6) is 5.75 Å². The average molecular weight is 319 g/mol. The van der Waals surface area contributed by atoms with Gasteiger partial charge < -0.3 is 9.94 Å². The zero-order valence-corrected chi connectivity index (χ0v) is 11.8. The van der Waals surface area contributed by atoms with Crippen LogP contribution in [0.3, 0.4) is 0 Å². The van der Waals surface area contributed by atoms with Crippen LogP contribution in [-0.2, 0) is 0 Å². The van der Waals surface area contributed by atoms with Crippen molar-refractivity contribution >= 4 is 27.1 Å². The normalized spacial score (nSPS) is 10.8. The van der Waals surface area contributed by atoms with Gasteiger partial charge in [-0.1, -0.05) is 0 Å². The van der Waals surface area contributed by atoms with Crippen LogP contribution in [0.2, 0.25) is 0 Å². The second-order valence-electron chi connectivity index (χ2n) is 4.18. The number of ether oxygens (including phenoxy) is 1. The molecule has 0 N–H and O–H groups in total. The van der Waals surface area contributed by atoms with Gasteiger partial charge in [0, 0.05) is 6.07 Å². The monoisotopic (exact) mass is 318 g/mol. The number of aromatic nitrogens is 2. The summed E-state index contributed by atoms with van der Waals surface area (Å²) < 4.78 is 7.84. The Kier molecular flexibility index (Phi) is 2.91. The fourth-order valence-corrected chi connectivity index (χ4v) is 2.70. The highest BCUT2D eigenvalue weighted by atomic mass is 79.9. The van der Waals surface area contributed by atoms with E-state index in [0.29, 0.717) is 0 Å². The zero-order valence-electron chi connectivity index (χ0n) is 10.2. The van der Waals surface area contributed by atoms with Gasteiger partial charge in [-0.3, -0.25) is 3.59 Å². The molecule has 1 aromatic carbocycles. The van der Waals surface area contributed by atoms with E-state index in [9.17, 15) is 5.21 Å². The maximum Gasteiger partial charge on any atom is 0.189 e.